The lowest BCUT2D eigenvalue weighted by Crippen LogP contribution is -2.42. The zero-order valence-electron chi connectivity index (χ0n) is 27.2. The molecule has 0 spiro atoms. The molecule has 1 saturated carbocycles. The number of hydrogen-bond donors (Lipinski definition) is 1. The summed E-state index contributed by atoms with van der Waals surface area (Å²) in [5.74, 6) is 0.200. The van der Waals surface area contributed by atoms with E-state index in [4.69, 9.17) is 4.74 Å². The van der Waals surface area contributed by atoms with E-state index < -0.39 is 11.9 Å². The van der Waals surface area contributed by atoms with Gasteiger partial charge in [-0.15, -0.1) is 6.58 Å². The number of urea groups is 1. The van der Waals surface area contributed by atoms with Gasteiger partial charge in [-0.1, -0.05) is 63.5 Å². The van der Waals surface area contributed by atoms with Gasteiger partial charge in [0.25, 0.3) is 11.8 Å². The van der Waals surface area contributed by atoms with E-state index in [1.165, 1.54) is 35.4 Å². The fourth-order valence-corrected chi connectivity index (χ4v) is 6.84. The first-order valence-electron chi connectivity index (χ1n) is 16.3. The molecular weight excluding hydrogens is 552 g/mol. The molecule has 0 bridgehead atoms. The Hall–Kier alpha value is -3.65. The van der Waals surface area contributed by atoms with Crippen LogP contribution in [-0.4, -0.2) is 72.6 Å². The molecular formula is C36H50N4O4. The summed E-state index contributed by atoms with van der Waals surface area (Å²) in [6.45, 7) is 12.8. The van der Waals surface area contributed by atoms with Crippen molar-refractivity contribution in [3.63, 3.8) is 0 Å². The maximum absolute atomic E-state index is 13.9. The number of ether oxygens (including phenoxy) is 1. The molecule has 5 rings (SSSR count). The molecule has 44 heavy (non-hydrogen) atoms. The predicted octanol–water partition coefficient (Wildman–Crippen LogP) is 6.78. The number of amides is 4. The van der Waals surface area contributed by atoms with Crippen molar-refractivity contribution >= 4 is 28.7 Å². The van der Waals surface area contributed by atoms with Crippen LogP contribution in [0.15, 0.2) is 54.7 Å². The standard InChI is InChI=1S/C34H44N4O4.C2H6/c1-5-10-25-19-23(6-2)20-27(33(40)37-15-17-42-18-16-37)22-38-29-21-26(32(39)35-34(41)36(3)4)13-14-28(29)30(31(25)38)24-11-8-7-9-12-24;1-2/h5-6,10,13-14,20-21,23-25H,2,7-9,11-12,15-19,22H2,1,3-4H3,(H,35,39,41);1-2H3/b10-5-,27-20+;. The van der Waals surface area contributed by atoms with Crippen LogP contribution < -0.4 is 5.32 Å². The summed E-state index contributed by atoms with van der Waals surface area (Å²) in [6, 6.07) is 5.32. The number of allylic oxidation sites excluding steroid dienone is 4. The Balaban J connectivity index is 0.00000216. The van der Waals surface area contributed by atoms with Gasteiger partial charge in [0.15, 0.2) is 0 Å². The third-order valence-corrected chi connectivity index (χ3v) is 8.97. The fraction of sp³-hybridized carbons (Fsp3) is 0.528. The molecule has 2 aromatic rings. The number of hydrogen-bond acceptors (Lipinski definition) is 4. The van der Waals surface area contributed by atoms with E-state index in [0.717, 1.165) is 35.7 Å². The minimum atomic E-state index is -0.460. The third kappa shape index (κ3) is 7.17. The van der Waals surface area contributed by atoms with Gasteiger partial charge < -0.3 is 19.1 Å². The van der Waals surface area contributed by atoms with Gasteiger partial charge in [-0.05, 0) is 55.7 Å². The zero-order chi connectivity index (χ0) is 31.8. The molecule has 2 atom stereocenters. The number of nitrogens with zero attached hydrogens (tertiary/aromatic N) is 3. The third-order valence-electron chi connectivity index (χ3n) is 8.97. The van der Waals surface area contributed by atoms with Crippen LogP contribution in [0, 0.1) is 5.92 Å². The molecule has 8 heteroatoms. The summed E-state index contributed by atoms with van der Waals surface area (Å²) >= 11 is 0. The van der Waals surface area contributed by atoms with Crippen molar-refractivity contribution in [1.29, 1.82) is 0 Å². The Kier molecular flexibility index (Phi) is 11.6. The maximum atomic E-state index is 13.9. The normalized spacial score (nSPS) is 22.1. The first-order chi connectivity index (χ1) is 21.3. The smallest absolute Gasteiger partial charge is 0.323 e. The topological polar surface area (TPSA) is 83.9 Å². The van der Waals surface area contributed by atoms with E-state index in [2.05, 4.69) is 47.7 Å². The van der Waals surface area contributed by atoms with Crippen molar-refractivity contribution in [3.8, 4) is 0 Å². The Morgan fingerprint density at radius 1 is 1.07 bits per heavy atom. The number of nitrogens with one attached hydrogen (secondary N) is 1. The summed E-state index contributed by atoms with van der Waals surface area (Å²) in [6.07, 6.45) is 15.2. The number of benzene rings is 1. The highest BCUT2D eigenvalue weighted by Crippen LogP contribution is 2.45. The molecule has 1 aromatic heterocycles. The Morgan fingerprint density at radius 2 is 1.77 bits per heavy atom. The monoisotopic (exact) mass is 602 g/mol. The van der Waals surface area contributed by atoms with Crippen LogP contribution in [-0.2, 0) is 16.1 Å². The molecule has 1 saturated heterocycles. The van der Waals surface area contributed by atoms with Gasteiger partial charge in [0.2, 0.25) is 0 Å². The summed E-state index contributed by atoms with van der Waals surface area (Å²) in [5.41, 5.74) is 4.69. The number of carbonyl (C=O) groups is 3. The largest absolute Gasteiger partial charge is 0.378 e. The van der Waals surface area contributed by atoms with Crippen LogP contribution in [0.5, 0.6) is 0 Å². The van der Waals surface area contributed by atoms with Gasteiger partial charge in [-0.2, -0.15) is 0 Å². The first kappa shape index (κ1) is 33.2. The van der Waals surface area contributed by atoms with E-state index in [1.54, 1.807) is 14.1 Å². The number of carbonyl (C=O) groups excluding carboxylic acids is 3. The van der Waals surface area contributed by atoms with Gasteiger partial charge in [0, 0.05) is 60.8 Å². The Morgan fingerprint density at radius 3 is 2.41 bits per heavy atom. The molecule has 1 aromatic carbocycles. The number of imide groups is 1. The highest BCUT2D eigenvalue weighted by Gasteiger charge is 2.33. The first-order valence-corrected chi connectivity index (χ1v) is 16.3. The van der Waals surface area contributed by atoms with Crippen molar-refractivity contribution in [3.05, 3.63) is 71.5 Å². The molecule has 3 heterocycles. The van der Waals surface area contributed by atoms with Gasteiger partial charge >= 0.3 is 6.03 Å². The van der Waals surface area contributed by atoms with Crippen molar-refractivity contribution < 1.29 is 19.1 Å². The molecule has 3 aliphatic rings. The summed E-state index contributed by atoms with van der Waals surface area (Å²) in [4.78, 5) is 42.6. The van der Waals surface area contributed by atoms with Gasteiger partial charge in [-0.25, -0.2) is 4.79 Å². The fourth-order valence-electron chi connectivity index (χ4n) is 6.84. The van der Waals surface area contributed by atoms with Gasteiger partial charge in [0.05, 0.1) is 19.8 Å². The summed E-state index contributed by atoms with van der Waals surface area (Å²) < 4.78 is 7.81. The number of fused-ring (bicyclic) bond motifs is 3. The number of aromatic nitrogens is 1. The van der Waals surface area contributed by atoms with Crippen LogP contribution >= 0.6 is 0 Å². The molecule has 1 N–H and O–H groups in total. The Bertz CT molecular complexity index is 1410. The lowest BCUT2D eigenvalue weighted by Gasteiger charge is -2.31. The van der Waals surface area contributed by atoms with E-state index in [1.807, 2.05) is 37.0 Å². The second-order valence-electron chi connectivity index (χ2n) is 12.0. The van der Waals surface area contributed by atoms with Crippen LogP contribution in [0.2, 0.25) is 0 Å². The van der Waals surface area contributed by atoms with E-state index in [0.29, 0.717) is 44.3 Å². The molecule has 8 nitrogen and oxygen atoms in total. The molecule has 1 aliphatic carbocycles. The lowest BCUT2D eigenvalue weighted by atomic mass is 9.79. The quantitative estimate of drug-likeness (QED) is 0.383. The summed E-state index contributed by atoms with van der Waals surface area (Å²) in [7, 11) is 3.21. The van der Waals surface area contributed by atoms with Crippen LogP contribution in [0.4, 0.5) is 4.79 Å². The van der Waals surface area contributed by atoms with Crippen molar-refractivity contribution in [2.24, 2.45) is 5.92 Å². The van der Waals surface area contributed by atoms with Crippen molar-refractivity contribution in [1.82, 2.24) is 19.7 Å². The average Bonchev–Trinajstić information content (AvgIpc) is 3.36. The van der Waals surface area contributed by atoms with Gasteiger partial charge in [0.1, 0.15) is 0 Å². The van der Waals surface area contributed by atoms with Crippen LogP contribution in [0.3, 0.4) is 0 Å². The highest BCUT2D eigenvalue weighted by atomic mass is 16.5. The molecule has 2 fully saturated rings. The zero-order valence-corrected chi connectivity index (χ0v) is 27.2. The SMILES string of the molecule is C=CC1/C=C(/C(=O)N2CCOCC2)Cn2c(c(C3CCCCC3)c3ccc(C(=O)NC(=O)N(C)C)cc32)C(/C=C\C)C1.CC. The van der Waals surface area contributed by atoms with Crippen molar-refractivity contribution in [2.45, 2.75) is 77.7 Å². The number of rotatable bonds is 5. The van der Waals surface area contributed by atoms with E-state index >= 15 is 0 Å². The van der Waals surface area contributed by atoms with Crippen molar-refractivity contribution in [2.75, 3.05) is 40.4 Å². The number of morpholine rings is 1. The molecule has 238 valence electrons. The second kappa shape index (κ2) is 15.4. The van der Waals surface area contributed by atoms with E-state index in [-0.39, 0.29) is 17.7 Å². The molecule has 2 unspecified atom stereocenters. The second-order valence-corrected chi connectivity index (χ2v) is 12.0. The average molecular weight is 603 g/mol. The minimum absolute atomic E-state index is 0.0344. The summed E-state index contributed by atoms with van der Waals surface area (Å²) in [5, 5.41) is 3.61. The van der Waals surface area contributed by atoms with Crippen LogP contribution in [0.1, 0.15) is 92.7 Å². The predicted molar refractivity (Wildman–Crippen MR) is 177 cm³/mol. The molecule has 0 radical (unpaired) electrons. The molecule has 2 aliphatic heterocycles. The van der Waals surface area contributed by atoms with Crippen LogP contribution in [0.25, 0.3) is 10.9 Å². The Labute approximate surface area is 262 Å². The lowest BCUT2D eigenvalue weighted by molar-refractivity contribution is -0.131. The highest BCUT2D eigenvalue weighted by molar-refractivity contribution is 6.06. The maximum Gasteiger partial charge on any atom is 0.323 e. The van der Waals surface area contributed by atoms with E-state index in [9.17, 15) is 14.4 Å². The van der Waals surface area contributed by atoms with Gasteiger partial charge in [-0.3, -0.25) is 14.9 Å². The molecule has 4 amide bonds. The minimum Gasteiger partial charge on any atom is -0.378 e.